The van der Waals surface area contributed by atoms with Crippen LogP contribution in [0, 0.1) is 11.8 Å². The maximum Gasteiger partial charge on any atom is 0.254 e. The number of ether oxygens (including phenoxy) is 3. The summed E-state index contributed by atoms with van der Waals surface area (Å²) in [7, 11) is 0. The molecule has 1 aromatic heterocycles. The van der Waals surface area contributed by atoms with Crippen molar-refractivity contribution in [3.63, 3.8) is 0 Å². The van der Waals surface area contributed by atoms with Crippen LogP contribution in [0.1, 0.15) is 29.6 Å². The molecule has 6 nitrogen and oxygen atoms in total. The summed E-state index contributed by atoms with van der Waals surface area (Å²) in [6, 6.07) is 3.52. The number of aromatic nitrogens is 1. The number of pyridine rings is 1. The first-order valence-electron chi connectivity index (χ1n) is 9.26. The number of hydrogen-bond acceptors (Lipinski definition) is 5. The maximum atomic E-state index is 12.5. The number of likely N-dealkylation sites (tertiary alicyclic amines) is 1. The van der Waals surface area contributed by atoms with Crippen molar-refractivity contribution in [1.82, 2.24) is 9.88 Å². The molecule has 0 bridgehead atoms. The number of carbonyl (C=O) groups is 1. The summed E-state index contributed by atoms with van der Waals surface area (Å²) < 4.78 is 17.5. The van der Waals surface area contributed by atoms with E-state index in [1.807, 2.05) is 4.90 Å². The largest absolute Gasteiger partial charge is 0.381 e. The zero-order valence-electron chi connectivity index (χ0n) is 14.6. The number of rotatable bonds is 5. The van der Waals surface area contributed by atoms with E-state index in [0.717, 1.165) is 52.3 Å². The third-order valence-electron chi connectivity index (χ3n) is 5.74. The summed E-state index contributed by atoms with van der Waals surface area (Å²) in [4.78, 5) is 18.3. The quantitative estimate of drug-likeness (QED) is 0.813. The van der Waals surface area contributed by atoms with Crippen LogP contribution in [0.15, 0.2) is 24.5 Å². The highest BCUT2D eigenvalue weighted by Gasteiger charge is 2.54. The van der Waals surface area contributed by atoms with Crippen molar-refractivity contribution in [2.24, 2.45) is 11.8 Å². The summed E-state index contributed by atoms with van der Waals surface area (Å²) in [5.74, 6) is 1.07. The Bertz CT molecular complexity index is 582. The summed E-state index contributed by atoms with van der Waals surface area (Å²) in [5.41, 5.74) is 0.494. The van der Waals surface area contributed by atoms with Crippen LogP contribution in [-0.2, 0) is 14.2 Å². The average Bonchev–Trinajstić information content (AvgIpc) is 3.05. The lowest BCUT2D eigenvalue weighted by Crippen LogP contribution is -2.66. The molecule has 3 saturated heterocycles. The van der Waals surface area contributed by atoms with Gasteiger partial charge in [-0.2, -0.15) is 0 Å². The van der Waals surface area contributed by atoms with E-state index < -0.39 is 0 Å². The van der Waals surface area contributed by atoms with Gasteiger partial charge in [-0.3, -0.25) is 9.78 Å². The predicted octanol–water partition coefficient (Wildman–Crippen LogP) is 1.76. The van der Waals surface area contributed by atoms with Crippen molar-refractivity contribution in [3.05, 3.63) is 30.1 Å². The minimum Gasteiger partial charge on any atom is -0.381 e. The first kappa shape index (κ1) is 16.9. The van der Waals surface area contributed by atoms with Gasteiger partial charge in [-0.25, -0.2) is 0 Å². The molecule has 0 aromatic carbocycles. The second-order valence-electron chi connectivity index (χ2n) is 7.39. The van der Waals surface area contributed by atoms with Crippen molar-refractivity contribution >= 4 is 5.91 Å². The highest BCUT2D eigenvalue weighted by atomic mass is 16.5. The van der Waals surface area contributed by atoms with Crippen LogP contribution in [0.25, 0.3) is 0 Å². The smallest absolute Gasteiger partial charge is 0.254 e. The highest BCUT2D eigenvalue weighted by molar-refractivity contribution is 5.94. The molecule has 1 spiro atoms. The van der Waals surface area contributed by atoms with Crippen LogP contribution in [-0.4, -0.2) is 67.5 Å². The molecular weight excluding hydrogens is 320 g/mol. The third-order valence-corrected chi connectivity index (χ3v) is 5.74. The number of hydrogen-bond donors (Lipinski definition) is 0. The van der Waals surface area contributed by atoms with Gasteiger partial charge in [-0.1, -0.05) is 0 Å². The second-order valence-corrected chi connectivity index (χ2v) is 7.39. The lowest BCUT2D eigenvalue weighted by atomic mass is 9.81. The molecule has 4 rings (SSSR count). The van der Waals surface area contributed by atoms with E-state index in [1.54, 1.807) is 24.5 Å². The molecule has 25 heavy (non-hydrogen) atoms. The summed E-state index contributed by atoms with van der Waals surface area (Å²) in [5, 5.41) is 0. The molecule has 3 fully saturated rings. The first-order valence-corrected chi connectivity index (χ1v) is 9.26. The van der Waals surface area contributed by atoms with Gasteiger partial charge < -0.3 is 19.1 Å². The van der Waals surface area contributed by atoms with Gasteiger partial charge >= 0.3 is 0 Å². The van der Waals surface area contributed by atoms with Gasteiger partial charge in [0.05, 0.1) is 19.7 Å². The third kappa shape index (κ3) is 3.57. The van der Waals surface area contributed by atoms with Crippen LogP contribution in [0.2, 0.25) is 0 Å². The van der Waals surface area contributed by atoms with E-state index in [0.29, 0.717) is 30.5 Å². The topological polar surface area (TPSA) is 60.9 Å². The van der Waals surface area contributed by atoms with Crippen LogP contribution in [0.5, 0.6) is 0 Å². The Hall–Kier alpha value is -1.50. The van der Waals surface area contributed by atoms with E-state index in [9.17, 15) is 4.79 Å². The summed E-state index contributed by atoms with van der Waals surface area (Å²) >= 11 is 0. The van der Waals surface area contributed by atoms with Crippen molar-refractivity contribution < 1.29 is 19.0 Å². The van der Waals surface area contributed by atoms with Gasteiger partial charge in [0.1, 0.15) is 5.60 Å². The Kier molecular flexibility index (Phi) is 5.01. The van der Waals surface area contributed by atoms with Gasteiger partial charge in [0.2, 0.25) is 0 Å². The normalized spacial score (nSPS) is 25.9. The fraction of sp³-hybridized carbons (Fsp3) is 0.684. The van der Waals surface area contributed by atoms with E-state index >= 15 is 0 Å². The lowest BCUT2D eigenvalue weighted by Gasteiger charge is -2.50. The van der Waals surface area contributed by atoms with Gasteiger partial charge in [0, 0.05) is 50.3 Å². The molecule has 1 atom stereocenters. The van der Waals surface area contributed by atoms with Crippen LogP contribution < -0.4 is 0 Å². The van der Waals surface area contributed by atoms with Gasteiger partial charge in [-0.05, 0) is 37.3 Å². The minimum absolute atomic E-state index is 0.0606. The average molecular weight is 346 g/mol. The molecule has 0 radical (unpaired) electrons. The molecule has 4 heterocycles. The van der Waals surface area contributed by atoms with Crippen molar-refractivity contribution in [3.8, 4) is 0 Å². The van der Waals surface area contributed by atoms with Gasteiger partial charge in [0.25, 0.3) is 5.91 Å². The Labute approximate surface area is 148 Å². The van der Waals surface area contributed by atoms with E-state index in [4.69, 9.17) is 14.2 Å². The van der Waals surface area contributed by atoms with Crippen molar-refractivity contribution in [2.45, 2.75) is 24.9 Å². The standard InChI is InChI=1S/C19H26N2O4/c22-18(16-1-6-20-7-2-16)21-13-19(14-21)17(5-10-25-19)12-24-11-15-3-8-23-9-4-15/h1-2,6-7,15,17H,3-5,8-14H2/t17-/m0/s1. The highest BCUT2D eigenvalue weighted by Crippen LogP contribution is 2.40. The molecule has 0 unspecified atom stereocenters. The molecule has 1 aromatic rings. The molecule has 3 aliphatic rings. The molecule has 0 saturated carbocycles. The van der Waals surface area contributed by atoms with Crippen molar-refractivity contribution in [1.29, 1.82) is 0 Å². The van der Waals surface area contributed by atoms with Crippen LogP contribution in [0.3, 0.4) is 0 Å². The first-order chi connectivity index (χ1) is 12.3. The Morgan fingerprint density at radius 2 is 1.92 bits per heavy atom. The van der Waals surface area contributed by atoms with Crippen LogP contribution >= 0.6 is 0 Å². The molecule has 1 amide bonds. The number of nitrogens with zero attached hydrogens (tertiary/aromatic N) is 2. The Morgan fingerprint density at radius 1 is 1.16 bits per heavy atom. The molecule has 6 heteroatoms. The van der Waals surface area contributed by atoms with E-state index in [1.165, 1.54) is 0 Å². The van der Waals surface area contributed by atoms with E-state index in [-0.39, 0.29) is 11.5 Å². The summed E-state index contributed by atoms with van der Waals surface area (Å²) in [6.07, 6.45) is 6.52. The molecule has 3 aliphatic heterocycles. The fourth-order valence-corrected chi connectivity index (χ4v) is 4.08. The fourth-order valence-electron chi connectivity index (χ4n) is 4.08. The van der Waals surface area contributed by atoms with E-state index in [2.05, 4.69) is 4.98 Å². The van der Waals surface area contributed by atoms with Gasteiger partial charge in [0.15, 0.2) is 0 Å². The Morgan fingerprint density at radius 3 is 2.68 bits per heavy atom. The van der Waals surface area contributed by atoms with Gasteiger partial charge in [-0.15, -0.1) is 0 Å². The van der Waals surface area contributed by atoms with Crippen molar-refractivity contribution in [2.75, 3.05) is 46.1 Å². The zero-order chi connectivity index (χ0) is 17.1. The number of carbonyl (C=O) groups excluding carboxylic acids is 1. The monoisotopic (exact) mass is 346 g/mol. The predicted molar refractivity (Wildman–Crippen MR) is 91.3 cm³/mol. The second kappa shape index (κ2) is 7.40. The zero-order valence-corrected chi connectivity index (χ0v) is 14.6. The van der Waals surface area contributed by atoms with Crippen LogP contribution in [0.4, 0.5) is 0 Å². The Balaban J connectivity index is 1.27. The molecule has 136 valence electrons. The maximum absolute atomic E-state index is 12.5. The molecule has 0 N–H and O–H groups in total. The molecule has 0 aliphatic carbocycles. The molecular formula is C19H26N2O4. The minimum atomic E-state index is -0.196. The lowest BCUT2D eigenvalue weighted by molar-refractivity contribution is -0.129. The SMILES string of the molecule is O=C(c1ccncc1)N1CC2(C1)OCC[C@H]2COCC1CCOCC1. The number of amides is 1. The summed E-state index contributed by atoms with van der Waals surface area (Å²) in [6.45, 7) is 5.36.